The summed E-state index contributed by atoms with van der Waals surface area (Å²) in [4.78, 5) is 54.5. The van der Waals surface area contributed by atoms with Crippen LogP contribution < -0.4 is 16.0 Å². The normalized spacial score (nSPS) is 17.0. The molecule has 1 aliphatic rings. The SMILES string of the molecule is C[C@@H](NC(=O)CC1CCC(F)(F)CC1)C(=O)N[C@H](Cc1ccco1)C(=O)C(=O)NCc1ccccn1. The summed E-state index contributed by atoms with van der Waals surface area (Å²) >= 11 is 0. The molecular formula is C25H30F2N4O5. The van der Waals surface area contributed by atoms with Crippen molar-refractivity contribution in [1.82, 2.24) is 20.9 Å². The summed E-state index contributed by atoms with van der Waals surface area (Å²) in [7, 11) is 0. The number of amides is 3. The average molecular weight is 505 g/mol. The van der Waals surface area contributed by atoms with Gasteiger partial charge in [0.15, 0.2) is 0 Å². The molecule has 3 amide bonds. The smallest absolute Gasteiger partial charge is 0.289 e. The van der Waals surface area contributed by atoms with Crippen LogP contribution in [0.1, 0.15) is 50.5 Å². The van der Waals surface area contributed by atoms with E-state index < -0.39 is 41.5 Å². The number of hydrogen-bond acceptors (Lipinski definition) is 6. The number of nitrogens with one attached hydrogen (secondary N) is 3. The van der Waals surface area contributed by atoms with Crippen molar-refractivity contribution in [2.24, 2.45) is 5.92 Å². The number of pyridine rings is 1. The van der Waals surface area contributed by atoms with Gasteiger partial charge in [0.1, 0.15) is 17.8 Å². The van der Waals surface area contributed by atoms with Crippen molar-refractivity contribution in [2.75, 3.05) is 0 Å². The predicted molar refractivity (Wildman–Crippen MR) is 125 cm³/mol. The topological polar surface area (TPSA) is 130 Å². The summed E-state index contributed by atoms with van der Waals surface area (Å²) in [6.07, 6.45) is 2.93. The van der Waals surface area contributed by atoms with E-state index in [9.17, 15) is 28.0 Å². The number of Topliss-reactive ketones (excluding diaryl/α,β-unsaturated/α-hetero) is 1. The molecule has 2 aromatic rings. The number of nitrogens with zero attached hydrogens (tertiary/aromatic N) is 1. The fourth-order valence-corrected chi connectivity index (χ4v) is 3.99. The van der Waals surface area contributed by atoms with E-state index >= 15 is 0 Å². The molecule has 0 unspecified atom stereocenters. The van der Waals surface area contributed by atoms with Crippen LogP contribution in [0.25, 0.3) is 0 Å². The Kier molecular flexibility index (Phi) is 9.26. The van der Waals surface area contributed by atoms with Gasteiger partial charge >= 0.3 is 0 Å². The lowest BCUT2D eigenvalue weighted by Gasteiger charge is -2.28. The Morgan fingerprint density at radius 1 is 1.11 bits per heavy atom. The van der Waals surface area contributed by atoms with Crippen molar-refractivity contribution in [3.63, 3.8) is 0 Å². The predicted octanol–water partition coefficient (Wildman–Crippen LogP) is 2.31. The van der Waals surface area contributed by atoms with E-state index in [0.717, 1.165) is 0 Å². The molecule has 0 aliphatic heterocycles. The zero-order chi connectivity index (χ0) is 26.1. The van der Waals surface area contributed by atoms with Crippen LogP contribution in [0.4, 0.5) is 8.78 Å². The van der Waals surface area contributed by atoms with Gasteiger partial charge in [0.05, 0.1) is 18.5 Å². The molecule has 3 N–H and O–H groups in total. The number of alkyl halides is 2. The zero-order valence-electron chi connectivity index (χ0n) is 20.0. The van der Waals surface area contributed by atoms with Crippen LogP contribution in [-0.4, -0.2) is 46.5 Å². The fourth-order valence-electron chi connectivity index (χ4n) is 3.99. The monoisotopic (exact) mass is 504 g/mol. The lowest BCUT2D eigenvalue weighted by molar-refractivity contribution is -0.140. The number of halogens is 2. The maximum absolute atomic E-state index is 13.3. The molecule has 3 rings (SSSR count). The first-order valence-corrected chi connectivity index (χ1v) is 11.8. The molecule has 9 nitrogen and oxygen atoms in total. The molecule has 1 saturated carbocycles. The zero-order valence-corrected chi connectivity index (χ0v) is 20.0. The van der Waals surface area contributed by atoms with Crippen molar-refractivity contribution >= 4 is 23.5 Å². The van der Waals surface area contributed by atoms with Gasteiger partial charge in [-0.05, 0) is 49.9 Å². The van der Waals surface area contributed by atoms with Crippen molar-refractivity contribution in [3.8, 4) is 0 Å². The van der Waals surface area contributed by atoms with Crippen LogP contribution in [0, 0.1) is 5.92 Å². The van der Waals surface area contributed by atoms with Gasteiger partial charge in [-0.2, -0.15) is 0 Å². The van der Waals surface area contributed by atoms with Gasteiger partial charge in [-0.3, -0.25) is 24.2 Å². The minimum atomic E-state index is -2.68. The summed E-state index contributed by atoms with van der Waals surface area (Å²) in [5.41, 5.74) is 0.559. The van der Waals surface area contributed by atoms with E-state index in [4.69, 9.17) is 4.42 Å². The Bertz CT molecular complexity index is 1040. The first kappa shape index (κ1) is 27.0. The molecule has 194 valence electrons. The Balaban J connectivity index is 1.55. The molecule has 11 heteroatoms. The summed E-state index contributed by atoms with van der Waals surface area (Å²) < 4.78 is 31.9. The second kappa shape index (κ2) is 12.4. The molecule has 36 heavy (non-hydrogen) atoms. The molecule has 2 aromatic heterocycles. The lowest BCUT2D eigenvalue weighted by atomic mass is 9.84. The Labute approximate surface area is 207 Å². The second-order valence-corrected chi connectivity index (χ2v) is 9.01. The molecule has 1 aliphatic carbocycles. The van der Waals surface area contributed by atoms with Crippen molar-refractivity contribution in [3.05, 3.63) is 54.2 Å². The van der Waals surface area contributed by atoms with Crippen LogP contribution in [-0.2, 0) is 32.1 Å². The summed E-state index contributed by atoms with van der Waals surface area (Å²) in [5, 5.41) is 7.55. The van der Waals surface area contributed by atoms with E-state index in [2.05, 4.69) is 20.9 Å². The minimum absolute atomic E-state index is 0.0341. The number of carbonyl (C=O) groups excluding carboxylic acids is 4. The maximum atomic E-state index is 13.3. The number of hydrogen-bond donors (Lipinski definition) is 3. The number of ketones is 1. The molecule has 2 heterocycles. The second-order valence-electron chi connectivity index (χ2n) is 9.01. The molecule has 0 bridgehead atoms. The first-order valence-electron chi connectivity index (χ1n) is 11.8. The maximum Gasteiger partial charge on any atom is 0.289 e. The van der Waals surface area contributed by atoms with Crippen molar-refractivity contribution in [2.45, 2.75) is 70.0 Å². The van der Waals surface area contributed by atoms with E-state index in [1.165, 1.54) is 13.2 Å². The third-order valence-electron chi connectivity index (χ3n) is 6.08. The highest BCUT2D eigenvalue weighted by Gasteiger charge is 2.36. The number of rotatable bonds is 11. The highest BCUT2D eigenvalue weighted by Crippen LogP contribution is 2.37. The summed E-state index contributed by atoms with van der Waals surface area (Å²) in [5.74, 6) is -5.34. The fraction of sp³-hybridized carbons (Fsp3) is 0.480. The van der Waals surface area contributed by atoms with E-state index in [1.54, 1.807) is 36.5 Å². The lowest BCUT2D eigenvalue weighted by Crippen LogP contribution is -2.53. The third-order valence-corrected chi connectivity index (χ3v) is 6.08. The largest absolute Gasteiger partial charge is 0.469 e. The van der Waals surface area contributed by atoms with E-state index in [0.29, 0.717) is 11.5 Å². The Morgan fingerprint density at radius 3 is 2.50 bits per heavy atom. The van der Waals surface area contributed by atoms with E-state index in [-0.39, 0.29) is 51.0 Å². The van der Waals surface area contributed by atoms with Crippen molar-refractivity contribution in [1.29, 1.82) is 0 Å². The molecule has 2 atom stereocenters. The third kappa shape index (κ3) is 8.24. The van der Waals surface area contributed by atoms with Crippen LogP contribution in [0.15, 0.2) is 47.2 Å². The van der Waals surface area contributed by atoms with Crippen LogP contribution in [0.2, 0.25) is 0 Å². The van der Waals surface area contributed by atoms with Crippen LogP contribution >= 0.6 is 0 Å². The first-order chi connectivity index (χ1) is 17.1. The highest BCUT2D eigenvalue weighted by molar-refractivity contribution is 6.38. The molecule has 0 saturated heterocycles. The summed E-state index contributed by atoms with van der Waals surface area (Å²) in [6, 6.07) is 6.14. The van der Waals surface area contributed by atoms with Gasteiger partial charge in [0.2, 0.25) is 23.5 Å². The quantitative estimate of drug-likeness (QED) is 0.403. The highest BCUT2D eigenvalue weighted by atomic mass is 19.3. The minimum Gasteiger partial charge on any atom is -0.469 e. The standard InChI is InChI=1S/C25H30F2N4O5/c1-16(30-21(32)13-17-7-9-25(26,27)10-8-17)23(34)31-20(14-19-6-4-12-36-19)22(33)24(35)29-15-18-5-2-3-11-28-18/h2-6,11-12,16-17,20H,7-10,13-15H2,1H3,(H,29,35)(H,30,32)(H,31,34)/t16-,20-/m1/s1. The molecule has 0 aromatic carbocycles. The van der Waals surface area contributed by atoms with Crippen molar-refractivity contribution < 1.29 is 32.4 Å². The number of furan rings is 1. The average Bonchev–Trinajstić information content (AvgIpc) is 3.36. The van der Waals surface area contributed by atoms with Gasteiger partial charge in [0, 0.05) is 31.9 Å². The molecular weight excluding hydrogens is 474 g/mol. The van der Waals surface area contributed by atoms with Gasteiger partial charge in [-0.1, -0.05) is 6.07 Å². The Hall–Kier alpha value is -3.63. The van der Waals surface area contributed by atoms with Crippen LogP contribution in [0.5, 0.6) is 0 Å². The number of aromatic nitrogens is 1. The van der Waals surface area contributed by atoms with Gasteiger partial charge in [0.25, 0.3) is 5.91 Å². The van der Waals surface area contributed by atoms with Gasteiger partial charge in [-0.15, -0.1) is 0 Å². The number of carbonyl (C=O) groups is 4. The van der Waals surface area contributed by atoms with Gasteiger partial charge < -0.3 is 20.4 Å². The van der Waals surface area contributed by atoms with E-state index in [1.807, 2.05) is 0 Å². The molecule has 1 fully saturated rings. The Morgan fingerprint density at radius 2 is 1.86 bits per heavy atom. The van der Waals surface area contributed by atoms with Gasteiger partial charge in [-0.25, -0.2) is 8.78 Å². The summed E-state index contributed by atoms with van der Waals surface area (Å²) in [6.45, 7) is 1.48. The van der Waals surface area contributed by atoms with Crippen LogP contribution in [0.3, 0.4) is 0 Å². The molecule has 0 spiro atoms. The molecule has 0 radical (unpaired) electrons.